The smallest absolute Gasteiger partial charge is 0.451 e. The fraction of sp³-hybridized carbons (Fsp3) is 0.308. The second-order valence-electron chi connectivity index (χ2n) is 4.62. The van der Waals surface area contributed by atoms with Gasteiger partial charge in [-0.05, 0) is 26.0 Å². The van der Waals surface area contributed by atoms with E-state index in [-0.39, 0.29) is 11.3 Å². The van der Waals surface area contributed by atoms with E-state index >= 15 is 0 Å². The van der Waals surface area contributed by atoms with Gasteiger partial charge in [-0.1, -0.05) is 11.6 Å². The molecule has 2 aromatic rings. The third kappa shape index (κ3) is 3.21. The van der Waals surface area contributed by atoms with Crippen LogP contribution in [0.5, 0.6) is 0 Å². The van der Waals surface area contributed by atoms with Crippen molar-refractivity contribution in [3.05, 3.63) is 29.6 Å². The van der Waals surface area contributed by atoms with Gasteiger partial charge in [0, 0.05) is 5.39 Å². The summed E-state index contributed by atoms with van der Waals surface area (Å²) in [6, 6.07) is 3.59. The molecule has 2 rings (SSSR count). The van der Waals surface area contributed by atoms with Crippen molar-refractivity contribution in [1.82, 2.24) is 9.97 Å². The van der Waals surface area contributed by atoms with Gasteiger partial charge in [0.15, 0.2) is 0 Å². The highest BCUT2D eigenvalue weighted by Crippen LogP contribution is 2.30. The predicted molar refractivity (Wildman–Crippen MR) is 70.0 cm³/mol. The summed E-state index contributed by atoms with van der Waals surface area (Å²) >= 11 is 0. The van der Waals surface area contributed by atoms with Crippen molar-refractivity contribution in [3.8, 4) is 0 Å². The quantitative estimate of drug-likeness (QED) is 0.911. The van der Waals surface area contributed by atoms with E-state index < -0.39 is 24.0 Å². The van der Waals surface area contributed by atoms with Crippen molar-refractivity contribution in [1.29, 1.82) is 0 Å². The van der Waals surface area contributed by atoms with Gasteiger partial charge in [-0.2, -0.15) is 13.2 Å². The van der Waals surface area contributed by atoms with E-state index in [2.05, 4.69) is 15.3 Å². The molecule has 2 N–H and O–H groups in total. The molecule has 1 aromatic carbocycles. The van der Waals surface area contributed by atoms with Crippen molar-refractivity contribution in [2.24, 2.45) is 0 Å². The summed E-state index contributed by atoms with van der Waals surface area (Å²) in [5, 5.41) is 11.7. The number of rotatable bonds is 3. The summed E-state index contributed by atoms with van der Waals surface area (Å²) < 4.78 is 38.4. The summed E-state index contributed by atoms with van der Waals surface area (Å²) in [4.78, 5) is 17.8. The number of carboxylic acids is 1. The highest BCUT2D eigenvalue weighted by molar-refractivity contribution is 5.91. The second-order valence-corrected chi connectivity index (χ2v) is 4.62. The second kappa shape index (κ2) is 5.19. The van der Waals surface area contributed by atoms with E-state index in [1.54, 1.807) is 19.1 Å². The molecule has 1 aromatic heterocycles. The number of aromatic nitrogens is 2. The molecule has 21 heavy (non-hydrogen) atoms. The van der Waals surface area contributed by atoms with Crippen molar-refractivity contribution in [2.45, 2.75) is 26.1 Å². The molecule has 112 valence electrons. The molecule has 5 nitrogen and oxygen atoms in total. The van der Waals surface area contributed by atoms with E-state index in [1.165, 1.54) is 13.0 Å². The molecule has 0 bridgehead atoms. The third-order valence-electron chi connectivity index (χ3n) is 2.83. The number of hydrogen-bond acceptors (Lipinski definition) is 4. The zero-order chi connectivity index (χ0) is 15.8. The van der Waals surface area contributed by atoms with Crippen molar-refractivity contribution >= 4 is 22.7 Å². The van der Waals surface area contributed by atoms with Gasteiger partial charge in [0.05, 0.1) is 5.52 Å². The fourth-order valence-corrected chi connectivity index (χ4v) is 1.75. The molecule has 8 heteroatoms. The lowest BCUT2D eigenvalue weighted by Gasteiger charge is -2.14. The predicted octanol–water partition coefficient (Wildman–Crippen LogP) is 2.84. The first-order valence-electron chi connectivity index (χ1n) is 6.03. The van der Waals surface area contributed by atoms with Gasteiger partial charge in [-0.3, -0.25) is 4.79 Å². The Balaban J connectivity index is 2.63. The number of carbonyl (C=O) groups is 1. The lowest BCUT2D eigenvalue weighted by Crippen LogP contribution is -2.26. The molecule has 0 saturated carbocycles. The number of carboxylic acid groups (broad SMARTS) is 1. The SMILES string of the molecule is Cc1ccc2nc(C(F)(F)F)nc(NC(C)C(=O)O)c2c1. The fourth-order valence-electron chi connectivity index (χ4n) is 1.75. The van der Waals surface area contributed by atoms with Crippen LogP contribution >= 0.6 is 0 Å². The molecule has 1 atom stereocenters. The third-order valence-corrected chi connectivity index (χ3v) is 2.83. The van der Waals surface area contributed by atoms with Crippen LogP contribution in [0, 0.1) is 6.92 Å². The molecule has 1 heterocycles. The van der Waals surface area contributed by atoms with Crippen LogP contribution in [-0.2, 0) is 11.0 Å². The Hall–Kier alpha value is -2.38. The lowest BCUT2D eigenvalue weighted by molar-refractivity contribution is -0.144. The number of halogens is 3. The van der Waals surface area contributed by atoms with E-state index in [4.69, 9.17) is 5.11 Å². The molecule has 0 aliphatic rings. The number of hydrogen-bond donors (Lipinski definition) is 2. The molecule has 0 spiro atoms. The Kier molecular flexibility index (Phi) is 3.71. The molecule has 1 unspecified atom stereocenters. The van der Waals surface area contributed by atoms with Gasteiger partial charge >= 0.3 is 12.1 Å². The average Bonchev–Trinajstić information content (AvgIpc) is 2.37. The molecule has 0 saturated heterocycles. The van der Waals surface area contributed by atoms with Gasteiger partial charge in [0.1, 0.15) is 11.9 Å². The Bertz CT molecular complexity index is 701. The van der Waals surface area contributed by atoms with E-state index in [9.17, 15) is 18.0 Å². The van der Waals surface area contributed by atoms with Gasteiger partial charge < -0.3 is 10.4 Å². The van der Waals surface area contributed by atoms with Crippen LogP contribution in [0.4, 0.5) is 19.0 Å². The highest BCUT2D eigenvalue weighted by atomic mass is 19.4. The largest absolute Gasteiger partial charge is 0.480 e. The summed E-state index contributed by atoms with van der Waals surface area (Å²) in [7, 11) is 0. The van der Waals surface area contributed by atoms with Gasteiger partial charge in [0.25, 0.3) is 0 Å². The van der Waals surface area contributed by atoms with Crippen LogP contribution in [-0.4, -0.2) is 27.1 Å². The topological polar surface area (TPSA) is 75.1 Å². The average molecular weight is 299 g/mol. The number of fused-ring (bicyclic) bond motifs is 1. The first-order valence-corrected chi connectivity index (χ1v) is 6.03. The highest BCUT2D eigenvalue weighted by Gasteiger charge is 2.35. The first kappa shape index (κ1) is 15.0. The number of anilines is 1. The molecule has 0 aliphatic heterocycles. The normalized spacial score (nSPS) is 13.2. The Labute approximate surface area is 117 Å². The standard InChI is InChI=1S/C13H12F3N3O2/c1-6-3-4-9-8(5-6)10(17-7(2)11(20)21)19-12(18-9)13(14,15)16/h3-5,7H,1-2H3,(H,20,21)(H,17,18,19). The molecule has 0 radical (unpaired) electrons. The maximum Gasteiger partial charge on any atom is 0.451 e. The summed E-state index contributed by atoms with van der Waals surface area (Å²) in [6.07, 6.45) is -4.71. The van der Waals surface area contributed by atoms with Crippen LogP contribution in [0.15, 0.2) is 18.2 Å². The zero-order valence-electron chi connectivity index (χ0n) is 11.2. The maximum absolute atomic E-state index is 12.8. The number of benzene rings is 1. The molecular weight excluding hydrogens is 287 g/mol. The minimum absolute atomic E-state index is 0.100. The monoisotopic (exact) mass is 299 g/mol. The van der Waals surface area contributed by atoms with Gasteiger partial charge in [-0.25, -0.2) is 9.97 Å². The Morgan fingerprint density at radius 2 is 2.00 bits per heavy atom. The maximum atomic E-state index is 12.8. The number of aryl methyl sites for hydroxylation is 1. The van der Waals surface area contributed by atoms with Crippen LogP contribution < -0.4 is 5.32 Å². The number of aliphatic carboxylic acids is 1. The minimum Gasteiger partial charge on any atom is -0.480 e. The zero-order valence-corrected chi connectivity index (χ0v) is 11.2. The summed E-state index contributed by atoms with van der Waals surface area (Å²) in [5.41, 5.74) is 0.903. The minimum atomic E-state index is -4.71. The van der Waals surface area contributed by atoms with E-state index in [0.717, 1.165) is 5.56 Å². The lowest BCUT2D eigenvalue weighted by atomic mass is 10.1. The van der Waals surface area contributed by atoms with Crippen molar-refractivity contribution < 1.29 is 23.1 Å². The Morgan fingerprint density at radius 3 is 2.57 bits per heavy atom. The van der Waals surface area contributed by atoms with Crippen LogP contribution in [0.2, 0.25) is 0 Å². The van der Waals surface area contributed by atoms with Gasteiger partial charge in [0.2, 0.25) is 5.82 Å². The number of nitrogens with one attached hydrogen (secondary N) is 1. The summed E-state index contributed by atoms with van der Waals surface area (Å²) in [6.45, 7) is 3.08. The van der Waals surface area contributed by atoms with Gasteiger partial charge in [-0.15, -0.1) is 0 Å². The Morgan fingerprint density at radius 1 is 1.33 bits per heavy atom. The van der Waals surface area contributed by atoms with E-state index in [0.29, 0.717) is 5.39 Å². The summed E-state index contributed by atoms with van der Waals surface area (Å²) in [5.74, 6) is -2.65. The number of alkyl halides is 3. The molecule has 0 fully saturated rings. The van der Waals surface area contributed by atoms with Crippen molar-refractivity contribution in [2.75, 3.05) is 5.32 Å². The first-order chi connectivity index (χ1) is 9.68. The van der Waals surface area contributed by atoms with Crippen LogP contribution in [0.1, 0.15) is 18.3 Å². The van der Waals surface area contributed by atoms with E-state index in [1.807, 2.05) is 0 Å². The molecule has 0 amide bonds. The number of nitrogens with zero attached hydrogens (tertiary/aromatic N) is 2. The van der Waals surface area contributed by atoms with Crippen LogP contribution in [0.25, 0.3) is 10.9 Å². The molecular formula is C13H12F3N3O2. The van der Waals surface area contributed by atoms with Crippen LogP contribution in [0.3, 0.4) is 0 Å². The molecule has 0 aliphatic carbocycles. The van der Waals surface area contributed by atoms with Crippen molar-refractivity contribution in [3.63, 3.8) is 0 Å².